The van der Waals surface area contributed by atoms with E-state index in [2.05, 4.69) is 39.1 Å². The van der Waals surface area contributed by atoms with Gasteiger partial charge in [-0.25, -0.2) is 23.0 Å². The number of carbonyl (C=O) groups is 1. The molecule has 43 heavy (non-hydrogen) atoms. The number of thiazole rings is 1. The molecular weight excluding hydrogens is 602 g/mol. The Labute approximate surface area is 256 Å². The van der Waals surface area contributed by atoms with Crippen molar-refractivity contribution >= 4 is 56.9 Å². The number of aromatic nitrogens is 1. The lowest BCUT2D eigenvalue weighted by Crippen LogP contribution is -2.23. The molecular formula is C28H36F2N6O5S2. The van der Waals surface area contributed by atoms with Crippen LogP contribution >= 0.6 is 11.3 Å². The summed E-state index contributed by atoms with van der Waals surface area (Å²) in [5, 5.41) is 8.67. The summed E-state index contributed by atoms with van der Waals surface area (Å²) in [5.41, 5.74) is 6.67. The summed E-state index contributed by atoms with van der Waals surface area (Å²) < 4.78 is 57.5. The molecule has 15 heteroatoms. The summed E-state index contributed by atoms with van der Waals surface area (Å²) >= 11 is -0.828. The smallest absolute Gasteiger partial charge is 0.235 e. The topological polar surface area (TPSA) is 160 Å². The zero-order valence-corrected chi connectivity index (χ0v) is 26.1. The summed E-state index contributed by atoms with van der Waals surface area (Å²) in [6, 6.07) is 8.99. The molecule has 0 bridgehead atoms. The largest absolute Gasteiger partial charge is 0.497 e. The highest BCUT2D eigenvalue weighted by atomic mass is 32.2. The molecule has 0 aliphatic heterocycles. The number of hydrogen-bond donors (Lipinski definition) is 5. The highest BCUT2D eigenvalue weighted by molar-refractivity contribution is 7.79. The van der Waals surface area contributed by atoms with E-state index >= 15 is 0 Å². The Bertz CT molecular complexity index is 1450. The highest BCUT2D eigenvalue weighted by Crippen LogP contribution is 2.29. The van der Waals surface area contributed by atoms with Crippen LogP contribution in [0.3, 0.4) is 0 Å². The minimum absolute atomic E-state index is 0.00348. The van der Waals surface area contributed by atoms with E-state index in [1.54, 1.807) is 31.4 Å². The first-order valence-electron chi connectivity index (χ1n) is 12.6. The van der Waals surface area contributed by atoms with E-state index in [9.17, 15) is 17.8 Å². The third-order valence-corrected chi connectivity index (χ3v) is 6.55. The average Bonchev–Trinajstić information content (AvgIpc) is 3.36. The maximum atomic E-state index is 14.2. The van der Waals surface area contributed by atoms with Gasteiger partial charge in [-0.3, -0.25) is 4.79 Å². The van der Waals surface area contributed by atoms with Crippen molar-refractivity contribution in [2.24, 2.45) is 4.99 Å². The molecule has 2 aromatic carbocycles. The molecule has 0 amide bonds. The molecule has 1 aromatic heterocycles. The van der Waals surface area contributed by atoms with Gasteiger partial charge in [-0.2, -0.15) is 0 Å². The van der Waals surface area contributed by atoms with E-state index < -0.39 is 22.7 Å². The molecule has 11 nitrogen and oxygen atoms in total. The van der Waals surface area contributed by atoms with E-state index in [0.29, 0.717) is 27.1 Å². The third kappa shape index (κ3) is 11.8. The molecule has 1 atom stereocenters. The minimum atomic E-state index is -1.92. The normalized spacial score (nSPS) is 11.0. The predicted molar refractivity (Wildman–Crippen MR) is 171 cm³/mol. The lowest BCUT2D eigenvalue weighted by molar-refractivity contribution is 0.112. The van der Waals surface area contributed by atoms with Crippen LogP contribution in [0.25, 0.3) is 5.70 Å². The molecule has 1 heterocycles. The van der Waals surface area contributed by atoms with E-state index in [-0.39, 0.29) is 41.0 Å². The number of methoxy groups -OCH3 is 2. The van der Waals surface area contributed by atoms with Gasteiger partial charge in [0.2, 0.25) is 5.90 Å². The van der Waals surface area contributed by atoms with E-state index in [0.717, 1.165) is 23.7 Å². The van der Waals surface area contributed by atoms with Gasteiger partial charge >= 0.3 is 0 Å². The molecule has 0 spiro atoms. The van der Waals surface area contributed by atoms with Gasteiger partial charge in [0, 0.05) is 30.8 Å². The van der Waals surface area contributed by atoms with E-state index in [1.165, 1.54) is 20.2 Å². The first-order chi connectivity index (χ1) is 20.5. The minimum Gasteiger partial charge on any atom is -0.497 e. The number of hydrogen-bond acceptors (Lipinski definition) is 11. The third-order valence-electron chi connectivity index (χ3n) is 5.02. The van der Waals surface area contributed by atoms with Gasteiger partial charge in [-0.15, -0.1) is 0 Å². The summed E-state index contributed by atoms with van der Waals surface area (Å²) in [6.07, 6.45) is 0.794. The van der Waals surface area contributed by atoms with Crippen LogP contribution in [-0.4, -0.2) is 59.5 Å². The van der Waals surface area contributed by atoms with Crippen molar-refractivity contribution in [3.05, 3.63) is 83.0 Å². The lowest BCUT2D eigenvalue weighted by Gasteiger charge is -2.09. The number of ether oxygens (including phenoxy) is 2. The number of carbonyl (C=O) groups excluding carboxylic acids is 1. The van der Waals surface area contributed by atoms with Crippen LogP contribution in [-0.2, 0) is 15.8 Å². The summed E-state index contributed by atoms with van der Waals surface area (Å²) in [7, 11) is 4.43. The fourth-order valence-electron chi connectivity index (χ4n) is 3.05. The Morgan fingerprint density at radius 2 is 1.91 bits per heavy atom. The highest BCUT2D eigenvalue weighted by Gasteiger charge is 2.18. The fourth-order valence-corrected chi connectivity index (χ4v) is 4.20. The van der Waals surface area contributed by atoms with Gasteiger partial charge in [0.15, 0.2) is 16.2 Å². The maximum Gasteiger partial charge on any atom is 0.235 e. The molecule has 3 rings (SSSR count). The first-order valence-corrected chi connectivity index (χ1v) is 14.7. The number of aliphatic imine (C=N–C) groups is 1. The van der Waals surface area contributed by atoms with Gasteiger partial charge in [0.05, 0.1) is 37.2 Å². The van der Waals surface area contributed by atoms with Crippen molar-refractivity contribution in [2.75, 3.05) is 49.9 Å². The number of nitrogens with one attached hydrogen (secondary N) is 3. The zero-order valence-electron chi connectivity index (χ0n) is 24.5. The van der Waals surface area contributed by atoms with E-state index in [4.69, 9.17) is 19.8 Å². The van der Waals surface area contributed by atoms with Crippen LogP contribution in [0.1, 0.15) is 34.6 Å². The Hall–Kier alpha value is -4.34. The molecule has 0 radical (unpaired) electrons. The van der Waals surface area contributed by atoms with Gasteiger partial charge in [0.1, 0.15) is 34.4 Å². The van der Waals surface area contributed by atoms with Crippen LogP contribution in [0.15, 0.2) is 60.4 Å². The standard InChI is InChI=1S/C18H22F2N6O3S2.C8H8O2.C2H6/c1-9(11-7-14(22-3)13(20)8-12(11)19)24-17(29-4)15-16(21)26-18(30-15)25-10(2)23-5-6-31(27)28;1-10-8-4-2-3-7(5-8)6-9;1-2/h7-8,22-23H,1-2,5-6,21H2,3-4H3,(H,25,26)(H,27,28);2-6H,1H3;1-2H3. The van der Waals surface area contributed by atoms with Gasteiger partial charge in [-0.05, 0) is 18.2 Å². The van der Waals surface area contributed by atoms with Crippen molar-refractivity contribution in [2.45, 2.75) is 13.8 Å². The summed E-state index contributed by atoms with van der Waals surface area (Å²) in [5.74, 6) is -0.342. The second-order valence-corrected chi connectivity index (χ2v) is 9.86. The van der Waals surface area contributed by atoms with Crippen molar-refractivity contribution in [1.29, 1.82) is 0 Å². The second-order valence-electron chi connectivity index (χ2n) is 7.81. The van der Waals surface area contributed by atoms with Gasteiger partial charge in [0.25, 0.3) is 0 Å². The Morgan fingerprint density at radius 3 is 2.49 bits per heavy atom. The van der Waals surface area contributed by atoms with Gasteiger partial charge < -0.3 is 35.7 Å². The SMILES string of the molecule is C=C(NCCS(=O)O)Nc1nc(N)c(C(=NC(=C)c2cc(NC)c(F)cc2F)OC)s1.CC.COc1cccc(C=O)c1. The maximum absolute atomic E-state index is 14.2. The van der Waals surface area contributed by atoms with Crippen LogP contribution < -0.4 is 26.4 Å². The van der Waals surface area contributed by atoms with Crippen LogP contribution in [0.5, 0.6) is 5.75 Å². The number of nitrogen functional groups attached to an aromatic ring is 1. The first kappa shape index (κ1) is 36.7. The van der Waals surface area contributed by atoms with Crippen molar-refractivity contribution < 1.29 is 31.8 Å². The molecule has 0 saturated heterocycles. The molecule has 0 saturated carbocycles. The summed E-state index contributed by atoms with van der Waals surface area (Å²) in [4.78, 5) is 18.9. The quantitative estimate of drug-likeness (QED) is 0.0759. The molecule has 0 aliphatic rings. The molecule has 3 aromatic rings. The number of aldehydes is 1. The molecule has 1 unspecified atom stereocenters. The fraction of sp³-hybridized carbons (Fsp3) is 0.250. The molecule has 0 aliphatic carbocycles. The van der Waals surface area contributed by atoms with Crippen LogP contribution in [0, 0.1) is 11.6 Å². The van der Waals surface area contributed by atoms with Gasteiger partial charge in [-0.1, -0.05) is 50.5 Å². The molecule has 0 fully saturated rings. The van der Waals surface area contributed by atoms with Crippen molar-refractivity contribution in [1.82, 2.24) is 10.3 Å². The zero-order chi connectivity index (χ0) is 32.5. The van der Waals surface area contributed by atoms with E-state index in [1.807, 2.05) is 13.8 Å². The summed E-state index contributed by atoms with van der Waals surface area (Å²) in [6.45, 7) is 11.7. The Morgan fingerprint density at radius 1 is 1.21 bits per heavy atom. The predicted octanol–water partition coefficient (Wildman–Crippen LogP) is 5.34. The lowest BCUT2D eigenvalue weighted by atomic mass is 10.1. The second kappa shape index (κ2) is 19.0. The molecule has 234 valence electrons. The number of benzene rings is 2. The average molecular weight is 639 g/mol. The van der Waals surface area contributed by atoms with Crippen molar-refractivity contribution in [3.8, 4) is 5.75 Å². The number of anilines is 3. The monoisotopic (exact) mass is 638 g/mol. The van der Waals surface area contributed by atoms with Crippen molar-refractivity contribution in [3.63, 3.8) is 0 Å². The number of nitrogens with zero attached hydrogens (tertiary/aromatic N) is 2. The number of nitrogens with two attached hydrogens (primary N) is 1. The Balaban J connectivity index is 0.000000644. The number of rotatable bonds is 12. The molecule has 6 N–H and O–H groups in total. The Kier molecular flexibility index (Phi) is 16.2. The van der Waals surface area contributed by atoms with Crippen LogP contribution in [0.4, 0.5) is 25.4 Å². The number of halogens is 2. The van der Waals surface area contributed by atoms with Crippen LogP contribution in [0.2, 0.25) is 0 Å².